The third kappa shape index (κ3) is 4.37. The molecule has 9 nitrogen and oxygen atoms in total. The lowest BCUT2D eigenvalue weighted by Crippen LogP contribution is -2.35. The van der Waals surface area contributed by atoms with Crippen molar-refractivity contribution >= 4 is 16.8 Å². The number of pyridine rings is 1. The Hall–Kier alpha value is -3.62. The highest BCUT2D eigenvalue weighted by Crippen LogP contribution is 2.29. The summed E-state index contributed by atoms with van der Waals surface area (Å²) in [5.41, 5.74) is 5.15. The SMILES string of the molecule is Cc1cc(C)n(N)c(=O)c1CNC(=O)c1cc(CCN=NN)cc2c1c(C)cn2C(C)C. The molecular formula is C23H31N7O2. The van der Waals surface area contributed by atoms with Gasteiger partial charge in [-0.3, -0.25) is 9.59 Å². The Morgan fingerprint density at radius 1 is 1.16 bits per heavy atom. The number of nitrogen functional groups attached to an aromatic ring is 1. The van der Waals surface area contributed by atoms with Crippen LogP contribution in [0, 0.1) is 20.8 Å². The van der Waals surface area contributed by atoms with Gasteiger partial charge in [0, 0.05) is 46.5 Å². The Bertz CT molecular complexity index is 1250. The van der Waals surface area contributed by atoms with E-state index >= 15 is 0 Å². The maximum atomic E-state index is 13.3. The van der Waals surface area contributed by atoms with E-state index in [0.29, 0.717) is 29.8 Å². The summed E-state index contributed by atoms with van der Waals surface area (Å²) in [6.45, 7) is 10.3. The van der Waals surface area contributed by atoms with Crippen LogP contribution in [0.15, 0.2) is 39.5 Å². The summed E-state index contributed by atoms with van der Waals surface area (Å²) >= 11 is 0. The molecule has 3 aromatic rings. The van der Waals surface area contributed by atoms with Gasteiger partial charge < -0.3 is 21.6 Å². The van der Waals surface area contributed by atoms with Crippen molar-refractivity contribution in [1.82, 2.24) is 14.6 Å². The van der Waals surface area contributed by atoms with Gasteiger partial charge in [-0.15, -0.1) is 0 Å². The average Bonchev–Trinajstić information content (AvgIpc) is 3.08. The number of amides is 1. The molecule has 0 aliphatic carbocycles. The van der Waals surface area contributed by atoms with Gasteiger partial charge in [-0.2, -0.15) is 5.11 Å². The molecule has 1 amide bonds. The first-order valence-corrected chi connectivity index (χ1v) is 10.6. The van der Waals surface area contributed by atoms with Crippen LogP contribution < -0.4 is 22.6 Å². The predicted octanol–water partition coefficient (Wildman–Crippen LogP) is 2.82. The van der Waals surface area contributed by atoms with Crippen LogP contribution in [0.4, 0.5) is 0 Å². The van der Waals surface area contributed by atoms with Crippen LogP contribution in [0.1, 0.15) is 58.2 Å². The number of carbonyl (C=O) groups is 1. The van der Waals surface area contributed by atoms with Crippen molar-refractivity contribution < 1.29 is 4.79 Å². The second-order valence-corrected chi connectivity index (χ2v) is 8.39. The number of nitrogens with one attached hydrogen (secondary N) is 1. The Morgan fingerprint density at radius 3 is 2.53 bits per heavy atom. The number of hydrogen-bond acceptors (Lipinski definition) is 5. The largest absolute Gasteiger partial charge is 0.348 e. The first-order chi connectivity index (χ1) is 15.1. The van der Waals surface area contributed by atoms with E-state index in [4.69, 9.17) is 11.7 Å². The predicted molar refractivity (Wildman–Crippen MR) is 126 cm³/mol. The van der Waals surface area contributed by atoms with Crippen LogP contribution in [0.5, 0.6) is 0 Å². The maximum absolute atomic E-state index is 13.3. The van der Waals surface area contributed by atoms with E-state index in [1.807, 2.05) is 26.0 Å². The minimum Gasteiger partial charge on any atom is -0.348 e. The number of carbonyl (C=O) groups excluding carboxylic acids is 1. The summed E-state index contributed by atoms with van der Waals surface area (Å²) in [7, 11) is 0. The smallest absolute Gasteiger partial charge is 0.274 e. The molecule has 0 atom stereocenters. The quantitative estimate of drug-likeness (QED) is 0.298. The van der Waals surface area contributed by atoms with Gasteiger partial charge in [-0.05, 0) is 75.9 Å². The second kappa shape index (κ2) is 9.25. The molecule has 2 heterocycles. The van der Waals surface area contributed by atoms with Crippen LogP contribution in [-0.2, 0) is 13.0 Å². The first-order valence-electron chi connectivity index (χ1n) is 10.6. The van der Waals surface area contributed by atoms with E-state index in [1.54, 1.807) is 6.92 Å². The van der Waals surface area contributed by atoms with Crippen molar-refractivity contribution in [2.75, 3.05) is 12.4 Å². The molecule has 0 fully saturated rings. The van der Waals surface area contributed by atoms with E-state index in [-0.39, 0.29) is 24.1 Å². The third-order valence-corrected chi connectivity index (χ3v) is 5.75. The zero-order chi connectivity index (χ0) is 23.6. The lowest BCUT2D eigenvalue weighted by Gasteiger charge is -2.14. The fraction of sp³-hybridized carbons (Fsp3) is 0.391. The van der Waals surface area contributed by atoms with E-state index in [9.17, 15) is 9.59 Å². The standard InChI is InChI=1S/C23H31N7O2/c1-13(2)29-12-15(4)21-18(9-17(10-20(21)29)6-7-27-28-24)22(31)26-11-19-14(3)8-16(5)30(25)23(19)32/h8-10,12-13H,6-7,11,25H2,1-5H3,(H2,24,27)(H,26,31). The van der Waals surface area contributed by atoms with E-state index in [2.05, 4.69) is 46.3 Å². The molecular weight excluding hydrogens is 406 g/mol. The number of hydrogen-bond donors (Lipinski definition) is 3. The van der Waals surface area contributed by atoms with Crippen LogP contribution in [0.3, 0.4) is 0 Å². The molecule has 0 radical (unpaired) electrons. The van der Waals surface area contributed by atoms with E-state index < -0.39 is 0 Å². The Morgan fingerprint density at radius 2 is 1.88 bits per heavy atom. The molecule has 9 heteroatoms. The molecule has 5 N–H and O–H groups in total. The van der Waals surface area contributed by atoms with Gasteiger partial charge in [0.15, 0.2) is 0 Å². The fourth-order valence-electron chi connectivity index (χ4n) is 4.06. The number of benzene rings is 1. The van der Waals surface area contributed by atoms with E-state index in [0.717, 1.165) is 32.3 Å². The lowest BCUT2D eigenvalue weighted by atomic mass is 10.0. The maximum Gasteiger partial charge on any atom is 0.274 e. The Labute approximate surface area is 187 Å². The van der Waals surface area contributed by atoms with Crippen LogP contribution in [0.2, 0.25) is 0 Å². The number of nitrogens with two attached hydrogens (primary N) is 2. The first kappa shape index (κ1) is 23.1. The zero-order valence-corrected chi connectivity index (χ0v) is 19.3. The van der Waals surface area contributed by atoms with Crippen LogP contribution >= 0.6 is 0 Å². The topological polar surface area (TPSA) is 133 Å². The molecule has 0 aliphatic rings. The zero-order valence-electron chi connectivity index (χ0n) is 19.3. The van der Waals surface area contributed by atoms with Crippen molar-refractivity contribution in [3.8, 4) is 0 Å². The summed E-state index contributed by atoms with van der Waals surface area (Å²) < 4.78 is 3.26. The number of rotatable bonds is 7. The number of nitrogens with zero attached hydrogens (tertiary/aromatic N) is 4. The second-order valence-electron chi connectivity index (χ2n) is 8.39. The molecule has 0 saturated heterocycles. The van der Waals surface area contributed by atoms with Crippen molar-refractivity contribution in [2.24, 2.45) is 16.2 Å². The third-order valence-electron chi connectivity index (χ3n) is 5.75. The summed E-state index contributed by atoms with van der Waals surface area (Å²) in [6.07, 6.45) is 2.67. The monoisotopic (exact) mass is 437 g/mol. The van der Waals surface area contributed by atoms with Crippen molar-refractivity contribution in [1.29, 1.82) is 0 Å². The highest BCUT2D eigenvalue weighted by molar-refractivity contribution is 6.08. The van der Waals surface area contributed by atoms with Crippen molar-refractivity contribution in [3.05, 3.63) is 68.3 Å². The van der Waals surface area contributed by atoms with Gasteiger partial charge in [0.25, 0.3) is 11.5 Å². The molecule has 0 unspecified atom stereocenters. The summed E-state index contributed by atoms with van der Waals surface area (Å²) in [4.78, 5) is 25.9. The fourth-order valence-corrected chi connectivity index (χ4v) is 4.06. The molecule has 0 saturated carbocycles. The van der Waals surface area contributed by atoms with Gasteiger partial charge >= 0.3 is 0 Å². The van der Waals surface area contributed by atoms with Crippen LogP contribution in [0.25, 0.3) is 10.9 Å². The number of fused-ring (bicyclic) bond motifs is 1. The van der Waals surface area contributed by atoms with Crippen molar-refractivity contribution in [3.63, 3.8) is 0 Å². The average molecular weight is 438 g/mol. The number of aromatic nitrogens is 2. The molecule has 0 spiro atoms. The van der Waals surface area contributed by atoms with Gasteiger partial charge in [0.05, 0.1) is 6.54 Å². The van der Waals surface area contributed by atoms with Crippen molar-refractivity contribution in [2.45, 2.75) is 53.6 Å². The van der Waals surface area contributed by atoms with Gasteiger partial charge in [0.1, 0.15) is 0 Å². The van der Waals surface area contributed by atoms with Gasteiger partial charge in [-0.25, -0.2) is 4.68 Å². The normalized spacial score (nSPS) is 11.7. The minimum absolute atomic E-state index is 0.0953. The number of aryl methyl sites for hydroxylation is 3. The highest BCUT2D eigenvalue weighted by atomic mass is 16.2. The summed E-state index contributed by atoms with van der Waals surface area (Å²) in [5, 5.41) is 11.0. The molecule has 0 bridgehead atoms. The highest BCUT2D eigenvalue weighted by Gasteiger charge is 2.19. The minimum atomic E-state index is -0.309. The lowest BCUT2D eigenvalue weighted by molar-refractivity contribution is 0.0952. The van der Waals surface area contributed by atoms with Gasteiger partial charge in [0.2, 0.25) is 0 Å². The van der Waals surface area contributed by atoms with E-state index in [1.165, 1.54) is 0 Å². The molecule has 3 rings (SSSR count). The van der Waals surface area contributed by atoms with Crippen LogP contribution in [-0.4, -0.2) is 21.7 Å². The molecule has 2 aromatic heterocycles. The Kier molecular flexibility index (Phi) is 6.67. The van der Waals surface area contributed by atoms with Gasteiger partial charge in [-0.1, -0.05) is 5.22 Å². The summed E-state index contributed by atoms with van der Waals surface area (Å²) in [5.74, 6) is 10.7. The molecule has 0 aliphatic heterocycles. The molecule has 170 valence electrons. The molecule has 1 aromatic carbocycles. The summed E-state index contributed by atoms with van der Waals surface area (Å²) in [6, 6.07) is 6.03. The Balaban J connectivity index is 2.02. The molecule has 32 heavy (non-hydrogen) atoms.